The highest BCUT2D eigenvalue weighted by Crippen LogP contribution is 2.35. The van der Waals surface area contributed by atoms with E-state index in [0.29, 0.717) is 31.5 Å². The molecule has 0 unspecified atom stereocenters. The van der Waals surface area contributed by atoms with Crippen molar-refractivity contribution in [3.05, 3.63) is 39.2 Å². The van der Waals surface area contributed by atoms with Gasteiger partial charge in [-0.2, -0.15) is 0 Å². The van der Waals surface area contributed by atoms with Crippen LogP contribution in [0.1, 0.15) is 9.67 Å². The molecular formula is C14H8Cl2N4O3S. The number of nitrogen functional groups attached to an aromatic ring is 1. The molecule has 0 aliphatic carbocycles. The number of aromatic nitrogens is 2. The molecule has 1 amide bonds. The van der Waals surface area contributed by atoms with Crippen molar-refractivity contribution in [3.8, 4) is 11.3 Å². The van der Waals surface area contributed by atoms with Gasteiger partial charge in [0.25, 0.3) is 0 Å². The van der Waals surface area contributed by atoms with E-state index < -0.39 is 12.1 Å². The molecule has 4 N–H and O–H groups in total. The minimum atomic E-state index is -1.19. The Kier molecular flexibility index (Phi) is 4.27. The first kappa shape index (κ1) is 16.4. The monoisotopic (exact) mass is 382 g/mol. The van der Waals surface area contributed by atoms with Crippen molar-refractivity contribution < 1.29 is 14.3 Å². The fourth-order valence-electron chi connectivity index (χ4n) is 2.09. The predicted molar refractivity (Wildman–Crippen MR) is 92.3 cm³/mol. The molecule has 0 spiro atoms. The van der Waals surface area contributed by atoms with E-state index in [1.54, 1.807) is 18.2 Å². The number of rotatable bonds is 2. The standard InChI is InChI=1S/C14H8Cl2N4O3S/c15-6-1-5(2-7(16)3-6)10-8-4-9(12(21)23-14(18)22)24-11(8)20-13(17)19-10/h1-4H,(H2,18,22)(H2,17,19,20). The van der Waals surface area contributed by atoms with Gasteiger partial charge in [-0.25, -0.2) is 19.6 Å². The Morgan fingerprint density at radius 1 is 1.08 bits per heavy atom. The highest BCUT2D eigenvalue weighted by atomic mass is 35.5. The Hall–Kier alpha value is -2.42. The lowest BCUT2D eigenvalue weighted by Crippen LogP contribution is -2.17. The number of amides is 1. The summed E-state index contributed by atoms with van der Waals surface area (Å²) in [6, 6.07) is 6.40. The number of carbonyl (C=O) groups excluding carboxylic acids is 2. The maximum absolute atomic E-state index is 11.8. The van der Waals surface area contributed by atoms with Crippen molar-refractivity contribution in [2.24, 2.45) is 5.73 Å². The number of hydrogen-bond acceptors (Lipinski definition) is 7. The Balaban J connectivity index is 2.19. The molecule has 2 heterocycles. The molecule has 1 aromatic carbocycles. The molecule has 0 bridgehead atoms. The van der Waals surface area contributed by atoms with Gasteiger partial charge in [0.05, 0.1) is 5.69 Å². The molecule has 7 nitrogen and oxygen atoms in total. The van der Waals surface area contributed by atoms with Crippen molar-refractivity contribution in [2.45, 2.75) is 0 Å². The van der Waals surface area contributed by atoms with Crippen LogP contribution in [-0.2, 0) is 4.74 Å². The molecule has 122 valence electrons. The number of halogens is 2. The number of esters is 1. The van der Waals surface area contributed by atoms with Gasteiger partial charge in [-0.05, 0) is 24.3 Å². The summed E-state index contributed by atoms with van der Waals surface area (Å²) in [5, 5.41) is 1.39. The van der Waals surface area contributed by atoms with E-state index in [2.05, 4.69) is 14.7 Å². The van der Waals surface area contributed by atoms with Crippen LogP contribution in [0, 0.1) is 0 Å². The van der Waals surface area contributed by atoms with Gasteiger partial charge in [0.2, 0.25) is 5.95 Å². The van der Waals surface area contributed by atoms with Gasteiger partial charge in [0.15, 0.2) is 0 Å². The van der Waals surface area contributed by atoms with Gasteiger partial charge < -0.3 is 16.2 Å². The second-order valence-corrected chi connectivity index (χ2v) is 6.53. The van der Waals surface area contributed by atoms with Gasteiger partial charge in [0, 0.05) is 21.0 Å². The summed E-state index contributed by atoms with van der Waals surface area (Å²) >= 11 is 13.0. The second-order valence-electron chi connectivity index (χ2n) is 4.63. The number of primary amides is 1. The Morgan fingerprint density at radius 3 is 2.38 bits per heavy atom. The maximum Gasteiger partial charge on any atom is 0.412 e. The van der Waals surface area contributed by atoms with Gasteiger partial charge in [-0.15, -0.1) is 11.3 Å². The van der Waals surface area contributed by atoms with E-state index in [1.807, 2.05) is 0 Å². The van der Waals surface area contributed by atoms with E-state index in [-0.39, 0.29) is 10.8 Å². The number of ether oxygens (including phenoxy) is 1. The van der Waals surface area contributed by atoms with E-state index in [0.717, 1.165) is 11.3 Å². The summed E-state index contributed by atoms with van der Waals surface area (Å²) in [4.78, 5) is 31.4. The Bertz CT molecular complexity index is 969. The molecule has 0 radical (unpaired) electrons. The second kappa shape index (κ2) is 6.23. The molecule has 0 saturated carbocycles. The molecule has 0 aliphatic rings. The average molecular weight is 383 g/mol. The predicted octanol–water partition coefficient (Wildman–Crippen LogP) is 3.48. The minimum Gasteiger partial charge on any atom is -0.372 e. The molecular weight excluding hydrogens is 375 g/mol. The van der Waals surface area contributed by atoms with Crippen molar-refractivity contribution in [2.75, 3.05) is 5.73 Å². The van der Waals surface area contributed by atoms with Crippen LogP contribution in [0.25, 0.3) is 21.5 Å². The molecule has 10 heteroatoms. The van der Waals surface area contributed by atoms with Crippen molar-refractivity contribution in [1.29, 1.82) is 0 Å². The van der Waals surface area contributed by atoms with Crippen molar-refractivity contribution in [3.63, 3.8) is 0 Å². The van der Waals surface area contributed by atoms with Crippen molar-refractivity contribution in [1.82, 2.24) is 9.97 Å². The van der Waals surface area contributed by atoms with E-state index in [1.165, 1.54) is 6.07 Å². The largest absolute Gasteiger partial charge is 0.412 e. The van der Waals surface area contributed by atoms with Crippen LogP contribution in [0.5, 0.6) is 0 Å². The molecule has 0 fully saturated rings. The van der Waals surface area contributed by atoms with Gasteiger partial charge in [-0.1, -0.05) is 23.2 Å². The maximum atomic E-state index is 11.8. The number of fused-ring (bicyclic) bond motifs is 1. The average Bonchev–Trinajstić information content (AvgIpc) is 2.88. The molecule has 0 saturated heterocycles. The topological polar surface area (TPSA) is 121 Å². The SMILES string of the molecule is NC(=O)OC(=O)c1cc2c(-c3cc(Cl)cc(Cl)c3)nc(N)nc2s1. The van der Waals surface area contributed by atoms with Gasteiger partial charge in [0.1, 0.15) is 9.71 Å². The van der Waals surface area contributed by atoms with Crippen molar-refractivity contribution >= 4 is 62.8 Å². The molecule has 2 aromatic heterocycles. The number of thiophene rings is 1. The lowest BCUT2D eigenvalue weighted by molar-refractivity contribution is 0.0643. The highest BCUT2D eigenvalue weighted by molar-refractivity contribution is 7.20. The number of nitrogens with zero attached hydrogens (tertiary/aromatic N) is 2. The first-order valence-electron chi connectivity index (χ1n) is 6.38. The fraction of sp³-hybridized carbons (Fsp3) is 0. The molecule has 24 heavy (non-hydrogen) atoms. The number of carbonyl (C=O) groups is 2. The smallest absolute Gasteiger partial charge is 0.372 e. The molecule has 3 rings (SSSR count). The lowest BCUT2D eigenvalue weighted by Gasteiger charge is -2.05. The molecule has 0 aliphatic heterocycles. The number of anilines is 1. The molecule has 3 aromatic rings. The van der Waals surface area contributed by atoms with Crippen LogP contribution in [0.3, 0.4) is 0 Å². The van der Waals surface area contributed by atoms with E-state index in [4.69, 9.17) is 34.7 Å². The zero-order chi connectivity index (χ0) is 17.4. The molecule has 0 atom stereocenters. The lowest BCUT2D eigenvalue weighted by atomic mass is 10.1. The zero-order valence-corrected chi connectivity index (χ0v) is 14.1. The summed E-state index contributed by atoms with van der Waals surface area (Å²) < 4.78 is 4.37. The third-order valence-corrected chi connectivity index (χ3v) is 4.39. The quantitative estimate of drug-likeness (QED) is 0.516. The summed E-state index contributed by atoms with van der Waals surface area (Å²) in [5.41, 5.74) is 11.6. The Labute approximate surface area is 149 Å². The van der Waals surface area contributed by atoms with Gasteiger partial charge in [-0.3, -0.25) is 0 Å². The highest BCUT2D eigenvalue weighted by Gasteiger charge is 2.19. The third-order valence-electron chi connectivity index (χ3n) is 2.94. The van der Waals surface area contributed by atoms with Gasteiger partial charge >= 0.3 is 12.1 Å². The minimum absolute atomic E-state index is 0.0188. The fourth-order valence-corrected chi connectivity index (χ4v) is 3.53. The van der Waals surface area contributed by atoms with E-state index in [9.17, 15) is 9.59 Å². The van der Waals surface area contributed by atoms with Crippen LogP contribution in [-0.4, -0.2) is 22.0 Å². The number of nitrogens with two attached hydrogens (primary N) is 2. The first-order valence-corrected chi connectivity index (χ1v) is 7.96. The summed E-state index contributed by atoms with van der Waals surface area (Å²) in [6.45, 7) is 0. The zero-order valence-electron chi connectivity index (χ0n) is 11.7. The van der Waals surface area contributed by atoms with Crippen LogP contribution >= 0.6 is 34.5 Å². The van der Waals surface area contributed by atoms with Crippen LogP contribution in [0.2, 0.25) is 10.0 Å². The summed E-state index contributed by atoms with van der Waals surface area (Å²) in [5.74, 6) is -0.857. The number of benzene rings is 1. The van der Waals surface area contributed by atoms with E-state index >= 15 is 0 Å². The summed E-state index contributed by atoms with van der Waals surface area (Å²) in [6.07, 6.45) is -1.19. The normalized spacial score (nSPS) is 10.8. The Morgan fingerprint density at radius 2 is 1.75 bits per heavy atom. The number of hydrogen-bond donors (Lipinski definition) is 2. The third kappa shape index (κ3) is 3.25. The van der Waals surface area contributed by atoms with Crippen LogP contribution in [0.4, 0.5) is 10.7 Å². The van der Waals surface area contributed by atoms with Crippen LogP contribution in [0.15, 0.2) is 24.3 Å². The summed E-state index contributed by atoms with van der Waals surface area (Å²) in [7, 11) is 0. The van der Waals surface area contributed by atoms with Crippen LogP contribution < -0.4 is 11.5 Å². The first-order chi connectivity index (χ1) is 11.3.